The van der Waals surface area contributed by atoms with Gasteiger partial charge in [0.1, 0.15) is 0 Å². The molecule has 1 aromatic carbocycles. The molecule has 4 heteroatoms. The van der Waals surface area contributed by atoms with E-state index in [1.165, 1.54) is 6.42 Å². The number of nitrogens with zero attached hydrogens (tertiary/aromatic N) is 2. The summed E-state index contributed by atoms with van der Waals surface area (Å²) in [5.41, 5.74) is 1.34. The minimum absolute atomic E-state index is 0.0249. The van der Waals surface area contributed by atoms with Crippen LogP contribution >= 0.6 is 0 Å². The largest absolute Gasteiger partial charge is 0.355 e. The van der Waals surface area contributed by atoms with Gasteiger partial charge in [0, 0.05) is 24.2 Å². The molecule has 4 nitrogen and oxygen atoms in total. The van der Waals surface area contributed by atoms with Gasteiger partial charge in [0.15, 0.2) is 11.5 Å². The van der Waals surface area contributed by atoms with Crippen molar-refractivity contribution in [3.63, 3.8) is 0 Å². The van der Waals surface area contributed by atoms with Crippen molar-refractivity contribution < 1.29 is 9.32 Å². The van der Waals surface area contributed by atoms with Gasteiger partial charge in [0.2, 0.25) is 0 Å². The molecule has 1 aromatic heterocycles. The van der Waals surface area contributed by atoms with Gasteiger partial charge < -0.3 is 9.42 Å². The highest BCUT2D eigenvalue weighted by molar-refractivity contribution is 5.93. The van der Waals surface area contributed by atoms with E-state index in [1.807, 2.05) is 35.2 Å². The summed E-state index contributed by atoms with van der Waals surface area (Å²) in [4.78, 5) is 14.4. The van der Waals surface area contributed by atoms with Crippen LogP contribution in [0, 0.1) is 0 Å². The first-order valence-corrected chi connectivity index (χ1v) is 7.09. The van der Waals surface area contributed by atoms with Crippen LogP contribution in [0.4, 0.5) is 0 Å². The molecule has 104 valence electrons. The number of carbonyl (C=O) groups is 1. The smallest absolute Gasteiger partial charge is 0.276 e. The lowest BCUT2D eigenvalue weighted by Crippen LogP contribution is -2.42. The lowest BCUT2D eigenvalue weighted by molar-refractivity contribution is 0.0625. The number of rotatable bonds is 2. The summed E-state index contributed by atoms with van der Waals surface area (Å²) >= 11 is 0. The number of amides is 1. The molecule has 1 atom stereocenters. The van der Waals surface area contributed by atoms with E-state index in [1.54, 1.807) is 6.07 Å². The molecule has 3 rings (SSSR count). The Kier molecular flexibility index (Phi) is 3.54. The summed E-state index contributed by atoms with van der Waals surface area (Å²) in [6.07, 6.45) is 3.33. The fraction of sp³-hybridized carbons (Fsp3) is 0.375. The van der Waals surface area contributed by atoms with Crippen LogP contribution in [0.1, 0.15) is 36.7 Å². The van der Waals surface area contributed by atoms with Crippen molar-refractivity contribution in [2.24, 2.45) is 0 Å². The molecule has 2 heterocycles. The van der Waals surface area contributed by atoms with Gasteiger partial charge >= 0.3 is 0 Å². The Morgan fingerprint density at radius 3 is 2.85 bits per heavy atom. The van der Waals surface area contributed by atoms with Crippen molar-refractivity contribution in [3.8, 4) is 11.3 Å². The monoisotopic (exact) mass is 270 g/mol. The first-order chi connectivity index (χ1) is 9.75. The second kappa shape index (κ2) is 5.49. The van der Waals surface area contributed by atoms with Gasteiger partial charge in [-0.1, -0.05) is 35.5 Å². The van der Waals surface area contributed by atoms with Gasteiger partial charge in [-0.05, 0) is 26.2 Å². The number of piperidine rings is 1. The quantitative estimate of drug-likeness (QED) is 0.840. The topological polar surface area (TPSA) is 46.3 Å². The third kappa shape index (κ3) is 2.46. The molecule has 1 aliphatic rings. The normalized spacial score (nSPS) is 19.1. The molecule has 0 unspecified atom stereocenters. The zero-order valence-electron chi connectivity index (χ0n) is 11.6. The van der Waals surface area contributed by atoms with Crippen LogP contribution in [0.15, 0.2) is 40.9 Å². The first-order valence-electron chi connectivity index (χ1n) is 7.09. The number of benzene rings is 1. The van der Waals surface area contributed by atoms with Gasteiger partial charge in [-0.25, -0.2) is 0 Å². The maximum Gasteiger partial charge on any atom is 0.276 e. The van der Waals surface area contributed by atoms with Gasteiger partial charge in [-0.15, -0.1) is 0 Å². The summed E-state index contributed by atoms with van der Waals surface area (Å²) in [5.74, 6) is 0.613. The maximum absolute atomic E-state index is 12.5. The lowest BCUT2D eigenvalue weighted by atomic mass is 10.0. The molecule has 0 radical (unpaired) electrons. The molecule has 2 aromatic rings. The zero-order chi connectivity index (χ0) is 13.9. The van der Waals surface area contributed by atoms with Crippen LogP contribution in [0.2, 0.25) is 0 Å². The van der Waals surface area contributed by atoms with Gasteiger partial charge in [0.05, 0.1) is 0 Å². The van der Waals surface area contributed by atoms with E-state index < -0.39 is 0 Å². The van der Waals surface area contributed by atoms with Crippen LogP contribution in [0.3, 0.4) is 0 Å². The molecule has 0 aliphatic carbocycles. The summed E-state index contributed by atoms with van der Waals surface area (Å²) in [6, 6.07) is 11.7. The number of hydrogen-bond donors (Lipinski definition) is 0. The van der Waals surface area contributed by atoms with Gasteiger partial charge in [0.25, 0.3) is 5.91 Å². The van der Waals surface area contributed by atoms with Crippen LogP contribution in [0.5, 0.6) is 0 Å². The van der Waals surface area contributed by atoms with E-state index >= 15 is 0 Å². The highest BCUT2D eigenvalue weighted by Gasteiger charge is 2.26. The van der Waals surface area contributed by atoms with E-state index in [-0.39, 0.29) is 11.9 Å². The Balaban J connectivity index is 1.81. The molecule has 1 saturated heterocycles. The Labute approximate surface area is 118 Å². The average molecular weight is 270 g/mol. The van der Waals surface area contributed by atoms with Crippen LogP contribution < -0.4 is 0 Å². The minimum atomic E-state index is -0.0249. The highest BCUT2D eigenvalue weighted by atomic mass is 16.5. The van der Waals surface area contributed by atoms with Crippen molar-refractivity contribution in [2.45, 2.75) is 32.2 Å². The fourth-order valence-corrected chi connectivity index (χ4v) is 2.66. The summed E-state index contributed by atoms with van der Waals surface area (Å²) in [5, 5.41) is 3.94. The summed E-state index contributed by atoms with van der Waals surface area (Å²) in [7, 11) is 0. The van der Waals surface area contributed by atoms with Gasteiger partial charge in [-0.3, -0.25) is 4.79 Å². The molecule has 0 saturated carbocycles. The number of aromatic nitrogens is 1. The third-order valence-corrected chi connectivity index (χ3v) is 3.85. The van der Waals surface area contributed by atoms with Crippen molar-refractivity contribution in [1.82, 2.24) is 10.1 Å². The van der Waals surface area contributed by atoms with Crippen molar-refractivity contribution in [2.75, 3.05) is 6.54 Å². The van der Waals surface area contributed by atoms with E-state index in [0.29, 0.717) is 11.5 Å². The number of carbonyl (C=O) groups excluding carboxylic acids is 1. The standard InChI is InChI=1S/C16H18N2O2/c1-12-7-5-6-10-18(12)16(19)14-11-15(20-17-14)13-8-3-2-4-9-13/h2-4,8-9,11-12H,5-7,10H2,1H3/t12-/m1/s1. The second-order valence-electron chi connectivity index (χ2n) is 5.29. The van der Waals surface area contributed by atoms with Crippen LogP contribution in [0.25, 0.3) is 11.3 Å². The summed E-state index contributed by atoms with van der Waals surface area (Å²) in [6.45, 7) is 2.91. The SMILES string of the molecule is C[C@@H]1CCCCN1C(=O)c1cc(-c2ccccc2)on1. The maximum atomic E-state index is 12.5. The van der Waals surface area contributed by atoms with E-state index in [2.05, 4.69) is 12.1 Å². The van der Waals surface area contributed by atoms with E-state index in [4.69, 9.17) is 4.52 Å². The molecule has 0 bridgehead atoms. The van der Waals surface area contributed by atoms with Crippen molar-refractivity contribution in [1.29, 1.82) is 0 Å². The molecular formula is C16H18N2O2. The third-order valence-electron chi connectivity index (χ3n) is 3.85. The van der Waals surface area contributed by atoms with Crippen molar-refractivity contribution in [3.05, 3.63) is 42.1 Å². The number of likely N-dealkylation sites (tertiary alicyclic amines) is 1. The first kappa shape index (κ1) is 12.9. The molecular weight excluding hydrogens is 252 g/mol. The summed E-state index contributed by atoms with van der Waals surface area (Å²) < 4.78 is 5.30. The Bertz CT molecular complexity index is 592. The molecule has 1 fully saturated rings. The number of hydrogen-bond acceptors (Lipinski definition) is 3. The lowest BCUT2D eigenvalue weighted by Gasteiger charge is -2.32. The molecule has 1 aliphatic heterocycles. The van der Waals surface area contributed by atoms with Crippen molar-refractivity contribution >= 4 is 5.91 Å². The minimum Gasteiger partial charge on any atom is -0.355 e. The van der Waals surface area contributed by atoms with Crippen LogP contribution in [-0.4, -0.2) is 28.6 Å². The Morgan fingerprint density at radius 1 is 1.30 bits per heavy atom. The van der Waals surface area contributed by atoms with E-state index in [9.17, 15) is 4.79 Å². The predicted molar refractivity (Wildman–Crippen MR) is 76.3 cm³/mol. The fourth-order valence-electron chi connectivity index (χ4n) is 2.66. The Hall–Kier alpha value is -2.10. The molecule has 20 heavy (non-hydrogen) atoms. The van der Waals surface area contributed by atoms with Crippen LogP contribution in [-0.2, 0) is 0 Å². The highest BCUT2D eigenvalue weighted by Crippen LogP contribution is 2.23. The Morgan fingerprint density at radius 2 is 2.10 bits per heavy atom. The second-order valence-corrected chi connectivity index (χ2v) is 5.29. The molecule has 0 spiro atoms. The molecule has 1 amide bonds. The van der Waals surface area contributed by atoms with E-state index in [0.717, 1.165) is 24.9 Å². The predicted octanol–water partition coefficient (Wildman–Crippen LogP) is 3.36. The van der Waals surface area contributed by atoms with Gasteiger partial charge in [-0.2, -0.15) is 0 Å². The molecule has 0 N–H and O–H groups in total. The average Bonchev–Trinajstić information content (AvgIpc) is 2.98. The zero-order valence-corrected chi connectivity index (χ0v) is 11.6.